The Hall–Kier alpha value is -1.65. The first kappa shape index (κ1) is 27.2. The van der Waals surface area contributed by atoms with Gasteiger partial charge in [-0.3, -0.25) is 0 Å². The summed E-state index contributed by atoms with van der Waals surface area (Å²) in [5, 5.41) is 18.5. The van der Waals surface area contributed by atoms with Gasteiger partial charge in [-0.05, 0) is 37.3 Å². The summed E-state index contributed by atoms with van der Waals surface area (Å²) in [7, 11) is 1.31. The van der Waals surface area contributed by atoms with Gasteiger partial charge < -0.3 is 31.2 Å². The number of hydrogen-bond acceptors (Lipinski definition) is 6. The minimum atomic E-state index is -1.16. The SMILES string of the molecule is CC=CC=CC(=O)[O-].COC(=O)c1ccc(O)cc1.NC(N)=O.[K+]. The van der Waals surface area contributed by atoms with E-state index in [4.69, 9.17) is 9.90 Å². The number of aliphatic carboxylic acids is 1. The number of carbonyl (C=O) groups excluding carboxylic acids is 3. The van der Waals surface area contributed by atoms with Crippen LogP contribution in [0, 0.1) is 0 Å². The van der Waals surface area contributed by atoms with Gasteiger partial charge in [0, 0.05) is 0 Å². The van der Waals surface area contributed by atoms with E-state index < -0.39 is 18.0 Å². The largest absolute Gasteiger partial charge is 1.00 e. The molecule has 0 aliphatic carbocycles. The number of urea groups is 1. The van der Waals surface area contributed by atoms with Gasteiger partial charge in [-0.15, -0.1) is 0 Å². The number of carboxylic acids is 1. The summed E-state index contributed by atoms with van der Waals surface area (Å²) in [5.74, 6) is -1.43. The van der Waals surface area contributed by atoms with Crippen molar-refractivity contribution in [2.24, 2.45) is 11.5 Å². The van der Waals surface area contributed by atoms with Crippen molar-refractivity contribution in [2.45, 2.75) is 6.92 Å². The minimum absolute atomic E-state index is 0. The first-order chi connectivity index (χ1) is 10.7. The second kappa shape index (κ2) is 17.7. The van der Waals surface area contributed by atoms with E-state index in [9.17, 15) is 14.7 Å². The fourth-order valence-corrected chi connectivity index (χ4v) is 0.961. The predicted octanol–water partition coefficient (Wildman–Crippen LogP) is -2.92. The summed E-state index contributed by atoms with van der Waals surface area (Å²) in [4.78, 5) is 29.5. The number of amides is 2. The van der Waals surface area contributed by atoms with Gasteiger partial charge in [-0.1, -0.05) is 18.2 Å². The summed E-state index contributed by atoms with van der Waals surface area (Å²) in [6.07, 6.45) is 5.74. The van der Waals surface area contributed by atoms with Crippen LogP contribution < -0.4 is 68.0 Å². The molecule has 8 nitrogen and oxygen atoms in total. The first-order valence-electron chi connectivity index (χ1n) is 6.17. The molecule has 0 bridgehead atoms. The van der Waals surface area contributed by atoms with Gasteiger partial charge in [-0.2, -0.15) is 0 Å². The molecule has 5 N–H and O–H groups in total. The van der Waals surface area contributed by atoms with Crippen LogP contribution >= 0.6 is 0 Å². The van der Waals surface area contributed by atoms with E-state index in [1.807, 2.05) is 0 Å². The topological polar surface area (TPSA) is 156 Å². The fraction of sp³-hybridized carbons (Fsp3) is 0.133. The van der Waals surface area contributed by atoms with Crippen molar-refractivity contribution in [3.05, 3.63) is 54.1 Å². The summed E-state index contributed by atoms with van der Waals surface area (Å²) in [5.41, 5.74) is 8.94. The quantitative estimate of drug-likeness (QED) is 0.226. The second-order valence-electron chi connectivity index (χ2n) is 3.64. The standard InChI is InChI=1S/C8H8O3.C6H8O2.CH4N2O.K/c1-11-8(10)6-2-4-7(9)5-3-6;1-2-3-4-5-6(7)8;2-1(3)4;/h2-5,9H,1H3;2-5H,1H3,(H,7,8);(H4,2,3,4);/q;;;+1/p-1. The number of rotatable bonds is 3. The van der Waals surface area contributed by atoms with Crippen molar-refractivity contribution >= 4 is 18.0 Å². The maximum absolute atomic E-state index is 10.8. The van der Waals surface area contributed by atoms with Gasteiger partial charge in [0.2, 0.25) is 0 Å². The second-order valence-corrected chi connectivity index (χ2v) is 3.64. The fourth-order valence-electron chi connectivity index (χ4n) is 0.961. The molecule has 0 saturated carbocycles. The molecule has 0 aliphatic heterocycles. The zero-order valence-electron chi connectivity index (χ0n) is 13.8. The summed E-state index contributed by atoms with van der Waals surface area (Å²) in [6, 6.07) is 5.04. The van der Waals surface area contributed by atoms with Crippen molar-refractivity contribution in [2.75, 3.05) is 7.11 Å². The summed E-state index contributed by atoms with van der Waals surface area (Å²) >= 11 is 0. The molecule has 0 radical (unpaired) electrons. The van der Waals surface area contributed by atoms with Crippen LogP contribution in [0.1, 0.15) is 17.3 Å². The molecule has 0 spiro atoms. The van der Waals surface area contributed by atoms with Crippen molar-refractivity contribution in [3.63, 3.8) is 0 Å². The zero-order chi connectivity index (χ0) is 18.3. The van der Waals surface area contributed by atoms with Gasteiger partial charge in [0.05, 0.1) is 18.6 Å². The molecule has 2 amide bonds. The number of hydrogen-bond donors (Lipinski definition) is 3. The van der Waals surface area contributed by atoms with E-state index >= 15 is 0 Å². The molecule has 1 rings (SSSR count). The van der Waals surface area contributed by atoms with Crippen LogP contribution in [0.5, 0.6) is 5.75 Å². The molecular formula is C15H19KN2O6. The Morgan fingerprint density at radius 2 is 1.58 bits per heavy atom. The first-order valence-corrected chi connectivity index (χ1v) is 6.17. The van der Waals surface area contributed by atoms with Gasteiger partial charge in [0.25, 0.3) is 0 Å². The molecule has 0 saturated heterocycles. The van der Waals surface area contributed by atoms with Gasteiger partial charge in [0.1, 0.15) is 5.75 Å². The molecule has 1 aromatic rings. The van der Waals surface area contributed by atoms with E-state index in [0.717, 1.165) is 6.08 Å². The molecule has 0 unspecified atom stereocenters. The van der Waals surface area contributed by atoms with Crippen LogP contribution in [0.15, 0.2) is 48.6 Å². The van der Waals surface area contributed by atoms with Crippen molar-refractivity contribution in [3.8, 4) is 5.75 Å². The molecule has 0 aromatic heterocycles. The Labute approximate surface area is 182 Å². The van der Waals surface area contributed by atoms with Crippen molar-refractivity contribution in [1.29, 1.82) is 0 Å². The van der Waals surface area contributed by atoms with E-state index in [1.54, 1.807) is 19.1 Å². The third-order valence-electron chi connectivity index (χ3n) is 1.82. The number of methoxy groups -OCH3 is 1. The molecular weight excluding hydrogens is 343 g/mol. The minimum Gasteiger partial charge on any atom is -0.545 e. The van der Waals surface area contributed by atoms with Crippen molar-refractivity contribution in [1.82, 2.24) is 0 Å². The molecule has 126 valence electrons. The number of primary amides is 2. The maximum Gasteiger partial charge on any atom is 1.00 e. The Morgan fingerprint density at radius 1 is 1.12 bits per heavy atom. The molecule has 0 heterocycles. The number of aromatic hydroxyl groups is 1. The number of phenols is 1. The summed E-state index contributed by atoms with van der Waals surface area (Å²) < 4.78 is 4.46. The van der Waals surface area contributed by atoms with Gasteiger partial charge >= 0.3 is 63.4 Å². The molecule has 0 fully saturated rings. The Bertz CT molecular complexity index is 552. The maximum atomic E-state index is 10.8. The van der Waals surface area contributed by atoms with E-state index in [2.05, 4.69) is 16.2 Å². The Balaban J connectivity index is -0.000000301. The number of nitrogens with two attached hydrogens (primary N) is 2. The van der Waals surface area contributed by atoms with Crippen LogP contribution in [0.2, 0.25) is 0 Å². The average Bonchev–Trinajstić information content (AvgIpc) is 2.47. The third-order valence-corrected chi connectivity index (χ3v) is 1.82. The smallest absolute Gasteiger partial charge is 0.545 e. The molecule has 1 aromatic carbocycles. The number of phenolic OH excluding ortho intramolecular Hbond substituents is 1. The zero-order valence-corrected chi connectivity index (χ0v) is 16.9. The number of allylic oxidation sites excluding steroid dienone is 3. The van der Waals surface area contributed by atoms with Crippen molar-refractivity contribution < 1.29 is 80.7 Å². The van der Waals surface area contributed by atoms with Crippen LogP contribution in [-0.2, 0) is 9.53 Å². The Morgan fingerprint density at radius 3 is 1.92 bits per heavy atom. The normalized spacial score (nSPS) is 8.92. The molecule has 0 aliphatic rings. The van der Waals surface area contributed by atoms with Crippen LogP contribution in [0.3, 0.4) is 0 Å². The molecule has 9 heteroatoms. The van der Waals surface area contributed by atoms with Gasteiger partial charge in [-0.25, -0.2) is 9.59 Å². The van der Waals surface area contributed by atoms with Gasteiger partial charge in [0.15, 0.2) is 0 Å². The summed E-state index contributed by atoms with van der Waals surface area (Å²) in [6.45, 7) is 1.81. The predicted molar refractivity (Wildman–Crippen MR) is 82.2 cm³/mol. The van der Waals surface area contributed by atoms with Crippen LogP contribution in [0.25, 0.3) is 0 Å². The number of carboxylic acid groups (broad SMARTS) is 1. The number of benzene rings is 1. The monoisotopic (exact) mass is 362 g/mol. The van der Waals surface area contributed by atoms with E-state index in [1.165, 1.54) is 37.5 Å². The molecule has 0 atom stereocenters. The Kier molecular flexibility index (Phi) is 20.1. The van der Waals surface area contributed by atoms with Crippen LogP contribution in [-0.4, -0.2) is 30.2 Å². The van der Waals surface area contributed by atoms with E-state index in [-0.39, 0.29) is 57.1 Å². The number of carbonyl (C=O) groups is 3. The van der Waals surface area contributed by atoms with Crippen LogP contribution in [0.4, 0.5) is 4.79 Å². The number of ether oxygens (including phenoxy) is 1. The molecule has 24 heavy (non-hydrogen) atoms. The third kappa shape index (κ3) is 20.3. The average molecular weight is 362 g/mol. The number of esters is 1. The van der Waals surface area contributed by atoms with E-state index in [0.29, 0.717) is 5.56 Å².